The maximum atomic E-state index is 12.9. The summed E-state index contributed by atoms with van der Waals surface area (Å²) < 4.78 is 41.4. The largest absolute Gasteiger partial charge is 0.347 e. The number of sulfonamides is 1. The fraction of sp³-hybridized carbons (Fsp3) is 0.389. The topological polar surface area (TPSA) is 71.4 Å². The van der Waals surface area contributed by atoms with Gasteiger partial charge in [0.25, 0.3) is 5.91 Å². The summed E-state index contributed by atoms with van der Waals surface area (Å²) in [6.45, 7) is 1.27. The number of benzene rings is 1. The molecule has 1 saturated heterocycles. The Morgan fingerprint density at radius 2 is 1.81 bits per heavy atom. The molecule has 0 radical (unpaired) electrons. The summed E-state index contributed by atoms with van der Waals surface area (Å²) in [7, 11) is -1.94. The molecule has 1 fully saturated rings. The molecule has 26 heavy (non-hydrogen) atoms. The number of amides is 1. The molecule has 2 aromatic rings. The zero-order chi connectivity index (χ0) is 18.7. The van der Waals surface area contributed by atoms with Crippen molar-refractivity contribution in [3.8, 4) is 0 Å². The molecule has 0 saturated carbocycles. The van der Waals surface area contributed by atoms with Gasteiger partial charge in [0.2, 0.25) is 10.0 Å². The van der Waals surface area contributed by atoms with E-state index >= 15 is 0 Å². The second-order valence-electron chi connectivity index (χ2n) is 6.45. The van der Waals surface area contributed by atoms with Crippen LogP contribution in [0.5, 0.6) is 0 Å². The number of carbonyl (C=O) groups excluding carboxylic acids is 1. The summed E-state index contributed by atoms with van der Waals surface area (Å²) >= 11 is 0. The standard InChI is InChI=1S/C18H22FN3O3S/c1-21-13-16(26(24,25)22-9-3-2-4-10-22)11-17(21)18(23)20-12-14-5-7-15(19)8-6-14/h5-8,11,13H,2-4,9-10,12H2,1H3,(H,20,23). The molecule has 0 spiro atoms. The highest BCUT2D eigenvalue weighted by molar-refractivity contribution is 7.89. The minimum Gasteiger partial charge on any atom is -0.347 e. The molecular formula is C18H22FN3O3S. The SMILES string of the molecule is Cn1cc(S(=O)(=O)N2CCCCC2)cc1C(=O)NCc1ccc(F)cc1. The molecule has 8 heteroatoms. The zero-order valence-electron chi connectivity index (χ0n) is 14.6. The maximum Gasteiger partial charge on any atom is 0.268 e. The molecule has 0 bridgehead atoms. The third-order valence-corrected chi connectivity index (χ3v) is 6.40. The van der Waals surface area contributed by atoms with Crippen LogP contribution in [0.1, 0.15) is 35.3 Å². The summed E-state index contributed by atoms with van der Waals surface area (Å²) in [6, 6.07) is 7.24. The summed E-state index contributed by atoms with van der Waals surface area (Å²) in [5.74, 6) is -0.716. The first-order valence-electron chi connectivity index (χ1n) is 8.57. The highest BCUT2D eigenvalue weighted by atomic mass is 32.2. The summed E-state index contributed by atoms with van der Waals surface area (Å²) in [6.07, 6.45) is 4.22. The number of hydrogen-bond donors (Lipinski definition) is 1. The van der Waals surface area contributed by atoms with Crippen molar-refractivity contribution in [1.29, 1.82) is 0 Å². The molecule has 0 aliphatic carbocycles. The Morgan fingerprint density at radius 3 is 2.46 bits per heavy atom. The number of aromatic nitrogens is 1. The first-order chi connectivity index (χ1) is 12.4. The number of carbonyl (C=O) groups is 1. The fourth-order valence-electron chi connectivity index (χ4n) is 3.03. The lowest BCUT2D eigenvalue weighted by molar-refractivity contribution is 0.0942. The van der Waals surface area contributed by atoms with E-state index in [1.807, 2.05) is 0 Å². The van der Waals surface area contributed by atoms with Gasteiger partial charge in [-0.2, -0.15) is 4.31 Å². The van der Waals surface area contributed by atoms with Gasteiger partial charge in [-0.3, -0.25) is 4.79 Å². The second kappa shape index (κ2) is 7.59. The smallest absolute Gasteiger partial charge is 0.268 e. The summed E-state index contributed by atoms with van der Waals surface area (Å²) in [5.41, 5.74) is 1.03. The van der Waals surface area contributed by atoms with Gasteiger partial charge in [-0.25, -0.2) is 12.8 Å². The minimum atomic E-state index is -3.58. The molecule has 1 aliphatic heterocycles. The third-order valence-electron chi connectivity index (χ3n) is 4.53. The number of piperidine rings is 1. The van der Waals surface area contributed by atoms with Crippen molar-refractivity contribution >= 4 is 15.9 Å². The van der Waals surface area contributed by atoms with Gasteiger partial charge < -0.3 is 9.88 Å². The maximum absolute atomic E-state index is 12.9. The Hall–Kier alpha value is -2.19. The van der Waals surface area contributed by atoms with Gasteiger partial charge in [-0.1, -0.05) is 18.6 Å². The molecule has 3 rings (SSSR count). The minimum absolute atomic E-state index is 0.133. The van der Waals surface area contributed by atoms with Gasteiger partial charge in [-0.05, 0) is 36.6 Å². The van der Waals surface area contributed by atoms with Crippen LogP contribution in [0.15, 0.2) is 41.4 Å². The van der Waals surface area contributed by atoms with Crippen LogP contribution >= 0.6 is 0 Å². The Balaban J connectivity index is 1.72. The van der Waals surface area contributed by atoms with E-state index in [1.165, 1.54) is 33.3 Å². The third kappa shape index (κ3) is 3.96. The number of aryl methyl sites for hydroxylation is 1. The first-order valence-corrected chi connectivity index (χ1v) is 10.0. The van der Waals surface area contributed by atoms with E-state index in [9.17, 15) is 17.6 Å². The zero-order valence-corrected chi connectivity index (χ0v) is 15.4. The van der Waals surface area contributed by atoms with Crippen LogP contribution in [0.2, 0.25) is 0 Å². The van der Waals surface area contributed by atoms with E-state index in [0.29, 0.717) is 13.1 Å². The Kier molecular flexibility index (Phi) is 5.43. The van der Waals surface area contributed by atoms with Crippen molar-refractivity contribution < 1.29 is 17.6 Å². The van der Waals surface area contributed by atoms with E-state index in [4.69, 9.17) is 0 Å². The van der Waals surface area contributed by atoms with Crippen LogP contribution in [-0.4, -0.2) is 36.3 Å². The van der Waals surface area contributed by atoms with Crippen LogP contribution in [0.25, 0.3) is 0 Å². The highest BCUT2D eigenvalue weighted by Gasteiger charge is 2.28. The molecule has 1 amide bonds. The predicted molar refractivity (Wildman–Crippen MR) is 95.6 cm³/mol. The second-order valence-corrected chi connectivity index (χ2v) is 8.38. The van der Waals surface area contributed by atoms with Crippen LogP contribution in [0, 0.1) is 5.82 Å². The van der Waals surface area contributed by atoms with E-state index in [0.717, 1.165) is 24.8 Å². The quantitative estimate of drug-likeness (QED) is 0.866. The van der Waals surface area contributed by atoms with Gasteiger partial charge in [0, 0.05) is 32.9 Å². The molecule has 1 aromatic heterocycles. The Bertz CT molecular complexity index is 885. The van der Waals surface area contributed by atoms with E-state index in [-0.39, 0.29) is 28.9 Å². The van der Waals surface area contributed by atoms with Crippen LogP contribution in [-0.2, 0) is 23.6 Å². The van der Waals surface area contributed by atoms with Crippen molar-refractivity contribution in [2.45, 2.75) is 30.7 Å². The number of hydrogen-bond acceptors (Lipinski definition) is 3. The van der Waals surface area contributed by atoms with Crippen LogP contribution < -0.4 is 5.32 Å². The molecule has 2 heterocycles. The first kappa shape index (κ1) is 18.6. The number of nitrogens with zero attached hydrogens (tertiary/aromatic N) is 2. The average Bonchev–Trinajstić information content (AvgIpc) is 3.04. The number of halogens is 1. The van der Waals surface area contributed by atoms with Crippen molar-refractivity contribution in [2.24, 2.45) is 7.05 Å². The van der Waals surface area contributed by atoms with E-state index in [1.54, 1.807) is 19.2 Å². The lowest BCUT2D eigenvalue weighted by atomic mass is 10.2. The molecule has 1 aliphatic rings. The summed E-state index contributed by atoms with van der Waals surface area (Å²) in [4.78, 5) is 12.5. The fourth-order valence-corrected chi connectivity index (χ4v) is 4.62. The molecule has 140 valence electrons. The van der Waals surface area contributed by atoms with Crippen molar-refractivity contribution in [1.82, 2.24) is 14.2 Å². The normalized spacial score (nSPS) is 15.8. The molecule has 6 nitrogen and oxygen atoms in total. The van der Waals surface area contributed by atoms with Gasteiger partial charge in [-0.15, -0.1) is 0 Å². The van der Waals surface area contributed by atoms with Crippen molar-refractivity contribution in [3.05, 3.63) is 53.6 Å². The monoisotopic (exact) mass is 379 g/mol. The molecule has 0 atom stereocenters. The van der Waals surface area contributed by atoms with Crippen molar-refractivity contribution in [2.75, 3.05) is 13.1 Å². The molecule has 1 aromatic carbocycles. The number of nitrogens with one attached hydrogen (secondary N) is 1. The van der Waals surface area contributed by atoms with Crippen molar-refractivity contribution in [3.63, 3.8) is 0 Å². The van der Waals surface area contributed by atoms with Gasteiger partial charge in [0.05, 0.1) is 0 Å². The van der Waals surface area contributed by atoms with Crippen LogP contribution in [0.3, 0.4) is 0 Å². The molecule has 0 unspecified atom stereocenters. The predicted octanol–water partition coefficient (Wildman–Crippen LogP) is 2.27. The van der Waals surface area contributed by atoms with Gasteiger partial charge >= 0.3 is 0 Å². The lowest BCUT2D eigenvalue weighted by Crippen LogP contribution is -2.35. The lowest BCUT2D eigenvalue weighted by Gasteiger charge is -2.25. The molecular weight excluding hydrogens is 357 g/mol. The van der Waals surface area contributed by atoms with Gasteiger partial charge in [0.15, 0.2) is 0 Å². The van der Waals surface area contributed by atoms with Crippen LogP contribution in [0.4, 0.5) is 4.39 Å². The number of rotatable bonds is 5. The van der Waals surface area contributed by atoms with Gasteiger partial charge in [0.1, 0.15) is 16.4 Å². The van der Waals surface area contributed by atoms with E-state index < -0.39 is 10.0 Å². The Labute approximate surface area is 152 Å². The van der Waals surface area contributed by atoms with E-state index in [2.05, 4.69) is 5.32 Å². The summed E-state index contributed by atoms with van der Waals surface area (Å²) in [5, 5.41) is 2.73. The Morgan fingerprint density at radius 1 is 1.15 bits per heavy atom. The highest BCUT2D eigenvalue weighted by Crippen LogP contribution is 2.22. The average molecular weight is 379 g/mol. The molecule has 1 N–H and O–H groups in total.